The minimum Gasteiger partial charge on any atom is -0.493 e. The molecule has 226 valence electrons. The van der Waals surface area contributed by atoms with Gasteiger partial charge in [0.25, 0.3) is 5.91 Å². The summed E-state index contributed by atoms with van der Waals surface area (Å²) in [7, 11) is 1.17. The first kappa shape index (κ1) is 32.0. The summed E-state index contributed by atoms with van der Waals surface area (Å²) < 4.78 is 157. The van der Waals surface area contributed by atoms with E-state index in [0.29, 0.717) is 12.1 Å². The monoisotopic (exact) mass is 614 g/mol. The van der Waals surface area contributed by atoms with Gasteiger partial charge in [-0.15, -0.1) is 0 Å². The van der Waals surface area contributed by atoms with Gasteiger partial charge in [0.15, 0.2) is 34.8 Å². The Balaban J connectivity index is 1.77. The normalized spacial score (nSPS) is 12.3. The number of carbonyl (C=O) groups is 1. The Labute approximate surface area is 229 Å². The maximum absolute atomic E-state index is 13.8. The number of anilines is 1. The van der Waals surface area contributed by atoms with Gasteiger partial charge in [-0.05, 0) is 42.8 Å². The zero-order valence-corrected chi connectivity index (χ0v) is 21.1. The Kier molecular flexibility index (Phi) is 9.27. The van der Waals surface area contributed by atoms with Gasteiger partial charge in [-0.2, -0.15) is 26.3 Å². The molecule has 0 aliphatic rings. The minimum absolute atomic E-state index is 0.0294. The first-order chi connectivity index (χ1) is 19.4. The van der Waals surface area contributed by atoms with Crippen LogP contribution in [0.3, 0.4) is 0 Å². The fraction of sp³-hybridized carbons (Fsp3) is 0.192. The molecule has 0 fully saturated rings. The van der Waals surface area contributed by atoms with E-state index in [1.807, 2.05) is 0 Å². The molecule has 42 heavy (non-hydrogen) atoms. The van der Waals surface area contributed by atoms with Crippen LogP contribution in [0.1, 0.15) is 29.2 Å². The fourth-order valence-electron chi connectivity index (χ4n) is 3.44. The van der Waals surface area contributed by atoms with Gasteiger partial charge < -0.3 is 9.47 Å². The van der Waals surface area contributed by atoms with Crippen LogP contribution < -0.4 is 20.3 Å². The van der Waals surface area contributed by atoms with Crippen molar-refractivity contribution in [2.75, 3.05) is 12.5 Å². The van der Waals surface area contributed by atoms with Crippen LogP contribution in [0.15, 0.2) is 42.0 Å². The van der Waals surface area contributed by atoms with Crippen LogP contribution in [0, 0.1) is 29.1 Å². The van der Waals surface area contributed by atoms with Crippen molar-refractivity contribution >= 4 is 17.7 Å². The predicted octanol–water partition coefficient (Wildman–Crippen LogP) is 7.55. The highest BCUT2D eigenvalue weighted by Gasteiger charge is 2.38. The largest absolute Gasteiger partial charge is 0.493 e. The van der Waals surface area contributed by atoms with E-state index >= 15 is 0 Å². The number of nitrogens with one attached hydrogen (secondary N) is 2. The van der Waals surface area contributed by atoms with E-state index in [1.54, 1.807) is 10.9 Å². The molecule has 0 bridgehead atoms. The highest BCUT2D eigenvalue weighted by Crippen LogP contribution is 2.38. The van der Waals surface area contributed by atoms with Gasteiger partial charge in [0.2, 0.25) is 5.82 Å². The van der Waals surface area contributed by atoms with E-state index < -0.39 is 76.3 Å². The van der Waals surface area contributed by atoms with Crippen LogP contribution >= 0.6 is 0 Å². The molecule has 0 aromatic heterocycles. The molecule has 0 spiro atoms. The summed E-state index contributed by atoms with van der Waals surface area (Å²) >= 11 is 0. The molecule has 0 atom stereocenters. The van der Waals surface area contributed by atoms with E-state index in [9.17, 15) is 53.1 Å². The Morgan fingerprint density at radius 1 is 0.810 bits per heavy atom. The number of ether oxygens (including phenoxy) is 2. The number of alkyl halides is 6. The van der Waals surface area contributed by atoms with E-state index in [2.05, 4.69) is 0 Å². The lowest BCUT2D eigenvalue weighted by Crippen LogP contribution is -2.31. The highest BCUT2D eigenvalue weighted by molar-refractivity contribution is 5.97. The first-order valence-electron chi connectivity index (χ1n) is 11.3. The number of hydrogen-bond donors (Lipinski definition) is 2. The third kappa shape index (κ3) is 7.03. The minimum atomic E-state index is -5.11. The second kappa shape index (κ2) is 12.2. The topological polar surface area (TPSA) is 59.6 Å². The second-order valence-corrected chi connectivity index (χ2v) is 8.42. The lowest BCUT2D eigenvalue weighted by Gasteiger charge is -2.17. The average molecular weight is 614 g/mol. The van der Waals surface area contributed by atoms with Crippen molar-refractivity contribution in [3.63, 3.8) is 0 Å². The van der Waals surface area contributed by atoms with Crippen LogP contribution in [-0.2, 0) is 23.8 Å². The van der Waals surface area contributed by atoms with Crippen molar-refractivity contribution in [3.05, 3.63) is 93.3 Å². The molecule has 3 aromatic carbocycles. The molecule has 16 heteroatoms. The summed E-state index contributed by atoms with van der Waals surface area (Å²) in [5, 5.41) is 0. The molecular formula is C26H17F11N2O3. The third-order valence-corrected chi connectivity index (χ3v) is 5.57. The van der Waals surface area contributed by atoms with Crippen molar-refractivity contribution in [1.82, 2.24) is 5.43 Å². The summed E-state index contributed by atoms with van der Waals surface area (Å²) in [6.45, 7) is 0.430. The standard InChI is InChI=1S/C26H17F11N2O3/c1-11(24(40)39-38-23-21(30)19(28)18(27)20(29)22(23)31)7-12-3-6-16(17(8-12)41-2)42-10-13-4-5-14(25(32,33)34)9-15(13)26(35,36)37/h3-9,38H,10H2,1-2H3,(H,39,40)/b11-7+. The van der Waals surface area contributed by atoms with Gasteiger partial charge in [-0.25, -0.2) is 22.0 Å². The Morgan fingerprint density at radius 2 is 1.40 bits per heavy atom. The lowest BCUT2D eigenvalue weighted by atomic mass is 10.0. The first-order valence-corrected chi connectivity index (χ1v) is 11.3. The van der Waals surface area contributed by atoms with Crippen LogP contribution in [0.5, 0.6) is 11.5 Å². The van der Waals surface area contributed by atoms with Gasteiger partial charge in [0.05, 0.1) is 18.2 Å². The SMILES string of the molecule is COc1cc(/C=C(\C)C(=O)NNc2c(F)c(F)c(F)c(F)c2F)ccc1OCc1ccc(C(F)(F)F)cc1C(F)(F)F. The molecule has 0 saturated carbocycles. The molecule has 3 rings (SSSR count). The molecule has 0 radical (unpaired) electrons. The predicted molar refractivity (Wildman–Crippen MR) is 125 cm³/mol. The molecule has 0 heterocycles. The Bertz CT molecular complexity index is 1500. The van der Waals surface area contributed by atoms with Crippen molar-refractivity contribution < 1.29 is 62.6 Å². The quantitative estimate of drug-likeness (QED) is 0.0905. The maximum atomic E-state index is 13.8. The molecule has 0 aliphatic carbocycles. The molecule has 5 nitrogen and oxygen atoms in total. The average Bonchev–Trinajstić information content (AvgIpc) is 2.92. The van der Waals surface area contributed by atoms with Gasteiger partial charge in [-0.1, -0.05) is 12.1 Å². The van der Waals surface area contributed by atoms with Crippen molar-refractivity contribution in [2.45, 2.75) is 25.9 Å². The zero-order chi connectivity index (χ0) is 31.6. The zero-order valence-electron chi connectivity index (χ0n) is 21.1. The van der Waals surface area contributed by atoms with Crippen LogP contribution in [0.25, 0.3) is 6.08 Å². The summed E-state index contributed by atoms with van der Waals surface area (Å²) in [6, 6.07) is 4.88. The number of benzene rings is 3. The van der Waals surface area contributed by atoms with Gasteiger partial charge in [0.1, 0.15) is 12.3 Å². The van der Waals surface area contributed by atoms with Crippen molar-refractivity contribution in [1.29, 1.82) is 0 Å². The van der Waals surface area contributed by atoms with E-state index in [-0.39, 0.29) is 28.7 Å². The van der Waals surface area contributed by atoms with E-state index in [4.69, 9.17) is 9.47 Å². The summed E-state index contributed by atoms with van der Waals surface area (Å²) in [5.41, 5.74) is -1.65. The summed E-state index contributed by atoms with van der Waals surface area (Å²) in [6.07, 6.45) is -8.91. The Hall–Kier alpha value is -4.50. The van der Waals surface area contributed by atoms with Crippen molar-refractivity contribution in [2.24, 2.45) is 0 Å². The number of hydrazine groups is 1. The molecule has 3 aromatic rings. The van der Waals surface area contributed by atoms with Gasteiger partial charge in [0, 0.05) is 11.1 Å². The molecule has 0 saturated heterocycles. The lowest BCUT2D eigenvalue weighted by molar-refractivity contribution is -0.143. The fourth-order valence-corrected chi connectivity index (χ4v) is 3.44. The summed E-state index contributed by atoms with van der Waals surface area (Å²) in [4.78, 5) is 12.3. The van der Waals surface area contributed by atoms with E-state index in [1.165, 1.54) is 38.3 Å². The van der Waals surface area contributed by atoms with Crippen LogP contribution in [0.2, 0.25) is 0 Å². The molecule has 0 aliphatic heterocycles. The highest BCUT2D eigenvalue weighted by atomic mass is 19.4. The number of halogens is 11. The summed E-state index contributed by atoms with van der Waals surface area (Å²) in [5.74, 6) is -12.5. The Morgan fingerprint density at radius 3 is 1.95 bits per heavy atom. The number of carbonyl (C=O) groups excluding carboxylic acids is 1. The van der Waals surface area contributed by atoms with Crippen molar-refractivity contribution in [3.8, 4) is 11.5 Å². The number of hydrogen-bond acceptors (Lipinski definition) is 4. The van der Waals surface area contributed by atoms with Crippen LogP contribution in [-0.4, -0.2) is 13.0 Å². The van der Waals surface area contributed by atoms with Crippen LogP contribution in [0.4, 0.5) is 54.0 Å². The smallest absolute Gasteiger partial charge is 0.416 e. The number of methoxy groups -OCH3 is 1. The second-order valence-electron chi connectivity index (χ2n) is 8.42. The molecule has 1 amide bonds. The number of amides is 1. The van der Waals surface area contributed by atoms with Gasteiger partial charge >= 0.3 is 12.4 Å². The molecule has 0 unspecified atom stereocenters. The third-order valence-electron chi connectivity index (χ3n) is 5.57. The maximum Gasteiger partial charge on any atom is 0.416 e. The van der Waals surface area contributed by atoms with E-state index in [0.717, 1.165) is 0 Å². The van der Waals surface area contributed by atoms with Gasteiger partial charge in [-0.3, -0.25) is 15.6 Å². The number of rotatable bonds is 8. The molecule has 2 N–H and O–H groups in total. The molecular weight excluding hydrogens is 597 g/mol.